The molecule has 0 saturated carbocycles. The van der Waals surface area contributed by atoms with E-state index < -0.39 is 13.0 Å². The van der Waals surface area contributed by atoms with Gasteiger partial charge in [0.15, 0.2) is 0 Å². The van der Waals surface area contributed by atoms with Gasteiger partial charge >= 0.3 is 6.03 Å². The van der Waals surface area contributed by atoms with E-state index in [4.69, 9.17) is 4.74 Å². The van der Waals surface area contributed by atoms with Gasteiger partial charge in [0.25, 0.3) is 6.43 Å². The number of nitrogens with one attached hydrogen (secondary N) is 1. The Morgan fingerprint density at radius 3 is 3.08 bits per heavy atom. The molecule has 2 heterocycles. The number of halogens is 2. The molecule has 9 heteroatoms. The minimum atomic E-state index is -2.53. The van der Waals surface area contributed by atoms with E-state index in [9.17, 15) is 13.6 Å². The van der Waals surface area contributed by atoms with E-state index in [1.165, 1.54) is 11.2 Å². The summed E-state index contributed by atoms with van der Waals surface area (Å²) < 4.78 is 32.0. The van der Waals surface area contributed by atoms with Gasteiger partial charge in [0.05, 0.1) is 19.2 Å². The number of rotatable bonds is 5. The number of benzene rings is 1. The molecule has 0 saturated heterocycles. The van der Waals surface area contributed by atoms with Crippen molar-refractivity contribution in [1.29, 1.82) is 0 Å². The maximum absolute atomic E-state index is 12.6. The minimum Gasteiger partial charge on any atom is -0.493 e. The van der Waals surface area contributed by atoms with Crippen LogP contribution in [0, 0.1) is 0 Å². The number of nitrogens with zero attached hydrogens (tertiary/aromatic N) is 4. The van der Waals surface area contributed by atoms with Gasteiger partial charge in [-0.25, -0.2) is 23.2 Å². The van der Waals surface area contributed by atoms with Crippen LogP contribution in [0.1, 0.15) is 30.3 Å². The normalized spacial score (nSPS) is 16.5. The fraction of sp³-hybridized carbons (Fsp3) is 0.471. The van der Waals surface area contributed by atoms with Gasteiger partial charge in [-0.3, -0.25) is 0 Å². The highest BCUT2D eigenvalue weighted by Crippen LogP contribution is 2.31. The summed E-state index contributed by atoms with van der Waals surface area (Å²) in [5.41, 5.74) is 0.938. The molecule has 0 unspecified atom stereocenters. The first-order valence-corrected chi connectivity index (χ1v) is 8.42. The van der Waals surface area contributed by atoms with Crippen molar-refractivity contribution in [1.82, 2.24) is 25.0 Å². The number of hydrogen-bond donors (Lipinski definition) is 1. The molecule has 0 bridgehead atoms. The second kappa shape index (κ2) is 8.11. The van der Waals surface area contributed by atoms with Crippen LogP contribution in [0.25, 0.3) is 0 Å². The molecule has 1 aromatic carbocycles. The van der Waals surface area contributed by atoms with Crippen LogP contribution < -0.4 is 10.1 Å². The van der Waals surface area contributed by atoms with E-state index in [0.717, 1.165) is 28.8 Å². The Balaban J connectivity index is 1.66. The fourth-order valence-electron chi connectivity index (χ4n) is 2.91. The third kappa shape index (κ3) is 4.27. The molecule has 2 amide bonds. The third-order valence-corrected chi connectivity index (χ3v) is 4.22. The van der Waals surface area contributed by atoms with Gasteiger partial charge in [0.2, 0.25) is 0 Å². The minimum absolute atomic E-state index is 0.0867. The summed E-state index contributed by atoms with van der Waals surface area (Å²) in [6, 6.07) is 7.15. The zero-order valence-electron chi connectivity index (χ0n) is 14.4. The lowest BCUT2D eigenvalue weighted by Crippen LogP contribution is -2.39. The number of ether oxygens (including phenoxy) is 1. The highest BCUT2D eigenvalue weighted by Gasteiger charge is 2.23. The first-order chi connectivity index (χ1) is 12.5. The molecule has 7 nitrogen and oxygen atoms in total. The number of hydrogen-bond acceptors (Lipinski definition) is 4. The van der Waals surface area contributed by atoms with Crippen LogP contribution in [0.3, 0.4) is 0 Å². The van der Waals surface area contributed by atoms with Crippen molar-refractivity contribution in [3.05, 3.63) is 42.0 Å². The largest absolute Gasteiger partial charge is 0.493 e. The van der Waals surface area contributed by atoms with E-state index in [-0.39, 0.29) is 18.6 Å². The Bertz CT molecular complexity index is 752. The topological polar surface area (TPSA) is 72.3 Å². The van der Waals surface area contributed by atoms with Crippen LogP contribution in [0.2, 0.25) is 0 Å². The molecule has 1 aliphatic rings. The number of carbonyl (C=O) groups is 1. The highest BCUT2D eigenvalue weighted by molar-refractivity contribution is 5.74. The molecule has 0 spiro atoms. The summed E-state index contributed by atoms with van der Waals surface area (Å²) in [5.74, 6) is 1.09. The van der Waals surface area contributed by atoms with Crippen LogP contribution >= 0.6 is 0 Å². The van der Waals surface area contributed by atoms with E-state index >= 15 is 0 Å². The zero-order valence-corrected chi connectivity index (χ0v) is 14.4. The molecule has 1 N–H and O–H groups in total. The molecule has 0 aliphatic carbocycles. The van der Waals surface area contributed by atoms with Gasteiger partial charge in [-0.05, 0) is 18.9 Å². The maximum Gasteiger partial charge on any atom is 0.318 e. The summed E-state index contributed by atoms with van der Waals surface area (Å²) in [7, 11) is 1.59. The molecular formula is C17H21F2N5O2. The average Bonchev–Trinajstić information content (AvgIpc) is 2.93. The molecule has 2 aromatic rings. The number of urea groups is 1. The van der Waals surface area contributed by atoms with Gasteiger partial charge in [-0.15, -0.1) is 0 Å². The van der Waals surface area contributed by atoms with Crippen molar-refractivity contribution in [3.8, 4) is 5.75 Å². The van der Waals surface area contributed by atoms with E-state index in [1.807, 2.05) is 24.3 Å². The van der Waals surface area contributed by atoms with E-state index in [0.29, 0.717) is 12.4 Å². The van der Waals surface area contributed by atoms with Gasteiger partial charge in [-0.2, -0.15) is 5.10 Å². The predicted octanol–water partition coefficient (Wildman–Crippen LogP) is 2.60. The quantitative estimate of drug-likeness (QED) is 0.884. The first-order valence-electron chi connectivity index (χ1n) is 8.42. The monoisotopic (exact) mass is 365 g/mol. The number of amides is 2. The van der Waals surface area contributed by atoms with Gasteiger partial charge in [-0.1, -0.05) is 18.2 Å². The fourth-order valence-corrected chi connectivity index (χ4v) is 2.91. The summed E-state index contributed by atoms with van der Waals surface area (Å²) in [6.07, 6.45) is 0.268. The van der Waals surface area contributed by atoms with Crippen molar-refractivity contribution < 1.29 is 18.3 Å². The number of alkyl halides is 2. The Kier molecular flexibility index (Phi) is 5.65. The van der Waals surface area contributed by atoms with Crippen molar-refractivity contribution in [2.24, 2.45) is 0 Å². The standard InChI is InChI=1S/C17H21F2N5O2/c1-23(10-16-20-11-21-24(16)9-15(18)19)17(25)22-13-6-4-8-26-14-7-3-2-5-12(13)14/h2-3,5,7,11,13,15H,4,6,8-10H2,1H3,(H,22,25)/t13-/m0/s1. The molecule has 0 radical (unpaired) electrons. The maximum atomic E-state index is 12.6. The summed E-state index contributed by atoms with van der Waals surface area (Å²) in [6.45, 7) is 0.150. The molecule has 0 fully saturated rings. The lowest BCUT2D eigenvalue weighted by molar-refractivity contribution is 0.119. The van der Waals surface area contributed by atoms with Crippen molar-refractivity contribution in [2.75, 3.05) is 13.7 Å². The summed E-state index contributed by atoms with van der Waals surface area (Å²) in [5, 5.41) is 6.77. The summed E-state index contributed by atoms with van der Waals surface area (Å²) in [4.78, 5) is 17.9. The van der Waals surface area contributed by atoms with Crippen molar-refractivity contribution in [3.63, 3.8) is 0 Å². The smallest absolute Gasteiger partial charge is 0.318 e. The van der Waals surface area contributed by atoms with Gasteiger partial charge < -0.3 is 15.0 Å². The number of aromatic nitrogens is 3. The van der Waals surface area contributed by atoms with Crippen LogP contribution in [0.15, 0.2) is 30.6 Å². The van der Waals surface area contributed by atoms with Crippen LogP contribution in [0.5, 0.6) is 5.75 Å². The second-order valence-corrected chi connectivity index (χ2v) is 6.14. The number of carbonyl (C=O) groups excluding carboxylic acids is 1. The molecule has 140 valence electrons. The molecule has 3 rings (SSSR count). The van der Waals surface area contributed by atoms with Crippen molar-refractivity contribution >= 4 is 6.03 Å². The first kappa shape index (κ1) is 18.1. The molecule has 1 aliphatic heterocycles. The van der Waals surface area contributed by atoms with E-state index in [1.54, 1.807) is 7.05 Å². The third-order valence-electron chi connectivity index (χ3n) is 4.22. The number of fused-ring (bicyclic) bond motifs is 1. The SMILES string of the molecule is CN(Cc1ncnn1CC(F)F)C(=O)N[C@H]1CCCOc2ccccc21. The Hall–Kier alpha value is -2.71. The predicted molar refractivity (Wildman–Crippen MR) is 89.9 cm³/mol. The van der Waals surface area contributed by atoms with Crippen LogP contribution in [0.4, 0.5) is 13.6 Å². The molecule has 26 heavy (non-hydrogen) atoms. The van der Waals surface area contributed by atoms with Crippen molar-refractivity contribution in [2.45, 2.75) is 38.4 Å². The summed E-state index contributed by atoms with van der Waals surface area (Å²) >= 11 is 0. The Morgan fingerprint density at radius 1 is 1.46 bits per heavy atom. The van der Waals surface area contributed by atoms with Crippen LogP contribution in [-0.4, -0.2) is 45.8 Å². The van der Waals surface area contributed by atoms with Gasteiger partial charge in [0, 0.05) is 12.6 Å². The molecule has 1 atom stereocenters. The van der Waals surface area contributed by atoms with Crippen LogP contribution in [-0.2, 0) is 13.1 Å². The number of para-hydroxylation sites is 1. The molecular weight excluding hydrogens is 344 g/mol. The zero-order chi connectivity index (χ0) is 18.5. The second-order valence-electron chi connectivity index (χ2n) is 6.14. The Labute approximate surface area is 150 Å². The highest BCUT2D eigenvalue weighted by atomic mass is 19.3. The lowest BCUT2D eigenvalue weighted by atomic mass is 10.0. The van der Waals surface area contributed by atoms with E-state index in [2.05, 4.69) is 15.4 Å². The lowest BCUT2D eigenvalue weighted by Gasteiger charge is -2.23. The molecule has 1 aromatic heterocycles. The Morgan fingerprint density at radius 2 is 2.27 bits per heavy atom. The van der Waals surface area contributed by atoms with Gasteiger partial charge in [0.1, 0.15) is 24.4 Å². The average molecular weight is 365 g/mol.